The first-order valence-electron chi connectivity index (χ1n) is 6.57. The molecule has 2 rings (SSSR count). The molecule has 0 saturated carbocycles. The average Bonchev–Trinajstić information content (AvgIpc) is 2.52. The quantitative estimate of drug-likeness (QED) is 0.611. The summed E-state index contributed by atoms with van der Waals surface area (Å²) in [7, 11) is 0. The zero-order valence-electron chi connectivity index (χ0n) is 11.6. The second kappa shape index (κ2) is 8.56. The molecule has 0 spiro atoms. The maximum absolute atomic E-state index is 11.6. The van der Waals surface area contributed by atoms with Gasteiger partial charge in [0, 0.05) is 17.7 Å². The molecular weight excluding hydrogens is 368 g/mol. The molecule has 0 bridgehead atoms. The number of hydrogen-bond acceptors (Lipinski definition) is 3. The number of nitrogens with zero attached hydrogens (tertiary/aromatic N) is 1. The molecule has 0 aliphatic rings. The minimum Gasteiger partial charge on any atom is -0.483 e. The molecule has 6 heteroatoms. The largest absolute Gasteiger partial charge is 0.483 e. The van der Waals surface area contributed by atoms with Crippen molar-refractivity contribution in [1.82, 2.24) is 5.43 Å². The van der Waals surface area contributed by atoms with Gasteiger partial charge in [-0.2, -0.15) is 5.10 Å². The Bertz CT molecular complexity index is 662. The number of hydrazone groups is 1. The number of ether oxygens (including phenoxy) is 1. The van der Waals surface area contributed by atoms with E-state index in [0.717, 1.165) is 5.56 Å². The lowest BCUT2D eigenvalue weighted by atomic mass is 10.2. The van der Waals surface area contributed by atoms with Gasteiger partial charge in [0.25, 0.3) is 5.91 Å². The average molecular weight is 382 g/mol. The van der Waals surface area contributed by atoms with Crippen LogP contribution in [-0.4, -0.2) is 18.7 Å². The lowest BCUT2D eigenvalue weighted by molar-refractivity contribution is -0.123. The maximum atomic E-state index is 11.6. The molecule has 1 amide bonds. The lowest BCUT2D eigenvalue weighted by Gasteiger charge is -2.07. The molecule has 0 radical (unpaired) electrons. The molecule has 114 valence electrons. The SMILES string of the molecule is O=C(COc1ccc(Cl)cc1Br)N/N=C/Cc1ccccc1. The smallest absolute Gasteiger partial charge is 0.277 e. The van der Waals surface area contributed by atoms with Crippen molar-refractivity contribution in [3.8, 4) is 5.75 Å². The minimum atomic E-state index is -0.328. The number of carbonyl (C=O) groups excluding carboxylic acids is 1. The van der Waals surface area contributed by atoms with Gasteiger partial charge < -0.3 is 4.74 Å². The highest BCUT2D eigenvalue weighted by atomic mass is 79.9. The Morgan fingerprint density at radius 1 is 1.27 bits per heavy atom. The van der Waals surface area contributed by atoms with Gasteiger partial charge in [0.15, 0.2) is 6.61 Å². The Labute approximate surface area is 142 Å². The summed E-state index contributed by atoms with van der Waals surface area (Å²) in [6.45, 7) is -0.122. The lowest BCUT2D eigenvalue weighted by Crippen LogP contribution is -2.24. The van der Waals surface area contributed by atoms with E-state index in [0.29, 0.717) is 21.7 Å². The van der Waals surface area contributed by atoms with Gasteiger partial charge in [-0.05, 0) is 39.7 Å². The summed E-state index contributed by atoms with van der Waals surface area (Å²) < 4.78 is 6.07. The highest BCUT2D eigenvalue weighted by molar-refractivity contribution is 9.10. The van der Waals surface area contributed by atoms with Gasteiger partial charge in [-0.25, -0.2) is 5.43 Å². The third kappa shape index (κ3) is 5.50. The van der Waals surface area contributed by atoms with Crippen molar-refractivity contribution < 1.29 is 9.53 Å². The van der Waals surface area contributed by atoms with Gasteiger partial charge in [-0.15, -0.1) is 0 Å². The highest BCUT2D eigenvalue weighted by Crippen LogP contribution is 2.27. The number of benzene rings is 2. The predicted octanol–water partition coefficient (Wildman–Crippen LogP) is 3.83. The van der Waals surface area contributed by atoms with Crippen LogP contribution in [0.5, 0.6) is 5.75 Å². The molecule has 2 aromatic rings. The second-order valence-electron chi connectivity index (χ2n) is 4.40. The molecule has 0 heterocycles. The fourth-order valence-corrected chi connectivity index (χ4v) is 2.45. The van der Waals surface area contributed by atoms with Crippen molar-refractivity contribution >= 4 is 39.7 Å². The van der Waals surface area contributed by atoms with Crippen molar-refractivity contribution in [2.75, 3.05) is 6.61 Å². The van der Waals surface area contributed by atoms with E-state index in [2.05, 4.69) is 26.5 Å². The van der Waals surface area contributed by atoms with Crippen LogP contribution in [0.1, 0.15) is 5.56 Å². The van der Waals surface area contributed by atoms with Crippen LogP contribution in [0.2, 0.25) is 5.02 Å². The molecule has 0 aliphatic heterocycles. The number of nitrogens with one attached hydrogen (secondary N) is 1. The molecule has 0 saturated heterocycles. The van der Waals surface area contributed by atoms with Crippen molar-refractivity contribution in [2.45, 2.75) is 6.42 Å². The number of rotatable bonds is 6. The summed E-state index contributed by atoms with van der Waals surface area (Å²) in [4.78, 5) is 11.6. The Morgan fingerprint density at radius 3 is 2.77 bits per heavy atom. The topological polar surface area (TPSA) is 50.7 Å². The van der Waals surface area contributed by atoms with E-state index in [9.17, 15) is 4.79 Å². The van der Waals surface area contributed by atoms with E-state index in [1.54, 1.807) is 24.4 Å². The molecule has 0 unspecified atom stereocenters. The van der Waals surface area contributed by atoms with Gasteiger partial charge >= 0.3 is 0 Å². The first kappa shape index (κ1) is 16.5. The fraction of sp³-hybridized carbons (Fsp3) is 0.125. The monoisotopic (exact) mass is 380 g/mol. The fourth-order valence-electron chi connectivity index (χ4n) is 1.65. The van der Waals surface area contributed by atoms with Crippen LogP contribution in [-0.2, 0) is 11.2 Å². The zero-order chi connectivity index (χ0) is 15.8. The first-order valence-corrected chi connectivity index (χ1v) is 7.74. The predicted molar refractivity (Wildman–Crippen MR) is 91.4 cm³/mol. The van der Waals surface area contributed by atoms with Crippen LogP contribution in [0.15, 0.2) is 58.1 Å². The number of hydrogen-bond donors (Lipinski definition) is 1. The molecule has 22 heavy (non-hydrogen) atoms. The Balaban J connectivity index is 1.74. The van der Waals surface area contributed by atoms with E-state index >= 15 is 0 Å². The summed E-state index contributed by atoms with van der Waals surface area (Å²) in [6, 6.07) is 14.9. The molecule has 4 nitrogen and oxygen atoms in total. The Morgan fingerprint density at radius 2 is 2.05 bits per heavy atom. The minimum absolute atomic E-state index is 0.122. The van der Waals surface area contributed by atoms with Crippen LogP contribution in [0, 0.1) is 0 Å². The van der Waals surface area contributed by atoms with Gasteiger partial charge in [-0.3, -0.25) is 4.79 Å². The van der Waals surface area contributed by atoms with Crippen molar-refractivity contribution in [3.05, 3.63) is 63.6 Å². The van der Waals surface area contributed by atoms with E-state index in [1.807, 2.05) is 30.3 Å². The number of amides is 1. The summed E-state index contributed by atoms with van der Waals surface area (Å²) in [5.41, 5.74) is 3.54. The van der Waals surface area contributed by atoms with Crippen molar-refractivity contribution in [1.29, 1.82) is 0 Å². The van der Waals surface area contributed by atoms with Crippen LogP contribution < -0.4 is 10.2 Å². The zero-order valence-corrected chi connectivity index (χ0v) is 14.0. The Hall–Kier alpha value is -1.85. The van der Waals surface area contributed by atoms with E-state index in [1.165, 1.54) is 0 Å². The van der Waals surface area contributed by atoms with Crippen molar-refractivity contribution in [3.63, 3.8) is 0 Å². The summed E-state index contributed by atoms with van der Waals surface area (Å²) in [5, 5.41) is 4.47. The number of halogens is 2. The normalized spacial score (nSPS) is 10.6. The van der Waals surface area contributed by atoms with Crippen molar-refractivity contribution in [2.24, 2.45) is 5.10 Å². The van der Waals surface area contributed by atoms with Crippen LogP contribution in [0.3, 0.4) is 0 Å². The standard InChI is InChI=1S/C16H14BrClN2O2/c17-14-10-13(18)6-7-15(14)22-11-16(21)20-19-9-8-12-4-2-1-3-5-12/h1-7,9-10H,8,11H2,(H,20,21)/b19-9+. The van der Waals surface area contributed by atoms with E-state index in [4.69, 9.17) is 16.3 Å². The first-order chi connectivity index (χ1) is 10.6. The third-order valence-corrected chi connectivity index (χ3v) is 3.56. The van der Waals surface area contributed by atoms with Crippen LogP contribution >= 0.6 is 27.5 Å². The van der Waals surface area contributed by atoms with Gasteiger partial charge in [0.2, 0.25) is 0 Å². The van der Waals surface area contributed by atoms with Gasteiger partial charge in [-0.1, -0.05) is 41.9 Å². The maximum Gasteiger partial charge on any atom is 0.277 e. The molecule has 0 aromatic heterocycles. The summed E-state index contributed by atoms with van der Waals surface area (Å²) >= 11 is 9.15. The molecular formula is C16H14BrClN2O2. The summed E-state index contributed by atoms with van der Waals surface area (Å²) in [6.07, 6.45) is 2.30. The van der Waals surface area contributed by atoms with Crippen LogP contribution in [0.25, 0.3) is 0 Å². The molecule has 0 fully saturated rings. The van der Waals surface area contributed by atoms with Gasteiger partial charge in [0.05, 0.1) is 4.47 Å². The van der Waals surface area contributed by atoms with Crippen LogP contribution in [0.4, 0.5) is 0 Å². The van der Waals surface area contributed by atoms with E-state index in [-0.39, 0.29) is 12.5 Å². The second-order valence-corrected chi connectivity index (χ2v) is 5.69. The number of carbonyl (C=O) groups is 1. The molecule has 0 atom stereocenters. The molecule has 0 aliphatic carbocycles. The third-order valence-electron chi connectivity index (χ3n) is 2.70. The highest BCUT2D eigenvalue weighted by Gasteiger charge is 2.05. The van der Waals surface area contributed by atoms with Gasteiger partial charge in [0.1, 0.15) is 5.75 Å². The summed E-state index contributed by atoms with van der Waals surface area (Å²) in [5.74, 6) is 0.221. The Kier molecular flexibility index (Phi) is 6.43. The molecule has 2 aromatic carbocycles. The molecule has 1 N–H and O–H groups in total. The van der Waals surface area contributed by atoms with E-state index < -0.39 is 0 Å².